The van der Waals surface area contributed by atoms with E-state index in [1.54, 1.807) is 40.9 Å². The molecule has 2 amide bonds. The van der Waals surface area contributed by atoms with Gasteiger partial charge in [-0.15, -0.1) is 0 Å². The van der Waals surface area contributed by atoms with Gasteiger partial charge in [0.25, 0.3) is 11.8 Å². The van der Waals surface area contributed by atoms with E-state index < -0.39 is 5.60 Å². The standard InChI is InChI=1S/C31H34N4O5/c1-18-23(29(37)34-12-10-30(3,38)17-34)16-35-27(18)24(7-11-32-35)40-21-5-6-22-25(13-21)39-19(2)26(22)28(36)33-20-14-31(15-20)8-4-9-31/h5-7,11,13,16,20,38H,4,8-10,12,14-15,17H2,1-3H3,(H,33,36)/t30-/m1/s1. The van der Waals surface area contributed by atoms with Gasteiger partial charge in [-0.1, -0.05) is 6.42 Å². The van der Waals surface area contributed by atoms with Crippen LogP contribution in [0.3, 0.4) is 0 Å². The van der Waals surface area contributed by atoms with Crippen LogP contribution in [-0.2, 0) is 0 Å². The minimum absolute atomic E-state index is 0.0829. The van der Waals surface area contributed by atoms with Crippen LogP contribution in [0.25, 0.3) is 16.5 Å². The first-order valence-electron chi connectivity index (χ1n) is 14.1. The summed E-state index contributed by atoms with van der Waals surface area (Å²) in [6.07, 6.45) is 9.96. The lowest BCUT2D eigenvalue weighted by atomic mass is 9.54. The number of benzene rings is 1. The lowest BCUT2D eigenvalue weighted by Gasteiger charge is -2.54. The Labute approximate surface area is 232 Å². The number of ether oxygens (including phenoxy) is 1. The van der Waals surface area contributed by atoms with Crippen LogP contribution in [0, 0.1) is 19.3 Å². The van der Waals surface area contributed by atoms with E-state index in [0.29, 0.717) is 64.4 Å². The van der Waals surface area contributed by atoms with Crippen molar-refractivity contribution >= 4 is 28.3 Å². The van der Waals surface area contributed by atoms with Crippen LogP contribution in [0.4, 0.5) is 0 Å². The van der Waals surface area contributed by atoms with Crippen LogP contribution in [0.2, 0.25) is 0 Å². The molecule has 3 fully saturated rings. The number of hydrogen-bond donors (Lipinski definition) is 2. The fourth-order valence-corrected chi connectivity index (χ4v) is 6.91. The minimum Gasteiger partial charge on any atom is -0.460 e. The number of carbonyl (C=O) groups excluding carboxylic acids is 2. The first-order chi connectivity index (χ1) is 19.1. The fraction of sp³-hybridized carbons (Fsp3) is 0.452. The average molecular weight is 543 g/mol. The molecule has 9 nitrogen and oxygen atoms in total. The van der Waals surface area contributed by atoms with Crippen LogP contribution < -0.4 is 10.1 Å². The number of aromatic nitrogens is 2. The Morgan fingerprint density at radius 2 is 1.98 bits per heavy atom. The molecule has 208 valence electrons. The summed E-state index contributed by atoms with van der Waals surface area (Å²) in [4.78, 5) is 28.1. The van der Waals surface area contributed by atoms with Gasteiger partial charge in [0.15, 0.2) is 5.75 Å². The zero-order valence-corrected chi connectivity index (χ0v) is 23.1. The summed E-state index contributed by atoms with van der Waals surface area (Å²) in [6, 6.07) is 7.49. The Hall–Kier alpha value is -3.85. The fourth-order valence-electron chi connectivity index (χ4n) is 6.91. The van der Waals surface area contributed by atoms with Gasteiger partial charge in [-0.2, -0.15) is 5.10 Å². The van der Waals surface area contributed by atoms with Crippen LogP contribution in [-0.4, -0.2) is 56.2 Å². The third-order valence-electron chi connectivity index (χ3n) is 9.26. The predicted octanol–water partition coefficient (Wildman–Crippen LogP) is 5.15. The highest BCUT2D eigenvalue weighted by atomic mass is 16.5. The molecule has 4 heterocycles. The Kier molecular flexibility index (Phi) is 5.55. The molecule has 4 aromatic rings. The van der Waals surface area contributed by atoms with Gasteiger partial charge in [0, 0.05) is 42.8 Å². The topological polar surface area (TPSA) is 109 Å². The van der Waals surface area contributed by atoms with E-state index in [1.165, 1.54) is 19.3 Å². The molecule has 1 atom stereocenters. The highest BCUT2D eigenvalue weighted by molar-refractivity contribution is 6.07. The van der Waals surface area contributed by atoms with E-state index in [-0.39, 0.29) is 17.9 Å². The molecule has 1 aliphatic heterocycles. The maximum Gasteiger partial charge on any atom is 0.255 e. The molecule has 1 saturated heterocycles. The quantitative estimate of drug-likeness (QED) is 0.361. The number of aryl methyl sites for hydroxylation is 2. The molecule has 2 aliphatic carbocycles. The number of nitrogens with one attached hydrogen (secondary N) is 1. The molecule has 1 aromatic carbocycles. The molecule has 7 rings (SSSR count). The first kappa shape index (κ1) is 25.1. The second kappa shape index (κ2) is 8.83. The number of β-amino-alcohol motifs (C(OH)–C–C–N with tert-alkyl or cyclic N) is 1. The number of rotatable bonds is 5. The highest BCUT2D eigenvalue weighted by Gasteiger charge is 2.48. The van der Waals surface area contributed by atoms with E-state index in [2.05, 4.69) is 10.4 Å². The summed E-state index contributed by atoms with van der Waals surface area (Å²) in [5.74, 6) is 1.47. The maximum absolute atomic E-state index is 13.3. The SMILES string of the molecule is Cc1oc2cc(Oc3ccnn4cc(C(=O)N5CC[C@@](C)(O)C5)c(C)c34)ccc2c1C(=O)NC1CC2(CCC2)C1. The number of furan rings is 1. The van der Waals surface area contributed by atoms with Gasteiger partial charge in [0.05, 0.1) is 22.9 Å². The number of nitrogens with zero attached hydrogens (tertiary/aromatic N) is 3. The van der Waals surface area contributed by atoms with Crippen LogP contribution in [0.1, 0.15) is 77.5 Å². The van der Waals surface area contributed by atoms with Gasteiger partial charge in [0.2, 0.25) is 0 Å². The predicted molar refractivity (Wildman–Crippen MR) is 149 cm³/mol. The van der Waals surface area contributed by atoms with Gasteiger partial charge >= 0.3 is 0 Å². The third kappa shape index (κ3) is 4.06. The smallest absolute Gasteiger partial charge is 0.255 e. The summed E-state index contributed by atoms with van der Waals surface area (Å²) in [7, 11) is 0. The van der Waals surface area contributed by atoms with Gasteiger partial charge in [-0.3, -0.25) is 9.59 Å². The van der Waals surface area contributed by atoms with E-state index in [9.17, 15) is 14.7 Å². The first-order valence-corrected chi connectivity index (χ1v) is 14.1. The van der Waals surface area contributed by atoms with Crippen molar-refractivity contribution < 1.29 is 23.8 Å². The molecule has 2 saturated carbocycles. The molecule has 3 aromatic heterocycles. The van der Waals surface area contributed by atoms with E-state index in [0.717, 1.165) is 23.8 Å². The zero-order chi connectivity index (χ0) is 27.8. The number of amides is 2. The molecule has 0 radical (unpaired) electrons. The van der Waals surface area contributed by atoms with E-state index >= 15 is 0 Å². The molecule has 3 aliphatic rings. The molecular weight excluding hydrogens is 508 g/mol. The molecule has 9 heteroatoms. The van der Waals surface area contributed by atoms with Crippen LogP contribution >= 0.6 is 0 Å². The maximum atomic E-state index is 13.3. The van der Waals surface area contributed by atoms with Gasteiger partial charge < -0.3 is 24.5 Å². The Morgan fingerprint density at radius 3 is 2.67 bits per heavy atom. The second-order valence-corrected chi connectivity index (χ2v) is 12.4. The summed E-state index contributed by atoms with van der Waals surface area (Å²) >= 11 is 0. The lowest BCUT2D eigenvalue weighted by Crippen LogP contribution is -2.53. The van der Waals surface area contributed by atoms with Crippen LogP contribution in [0.5, 0.6) is 11.5 Å². The largest absolute Gasteiger partial charge is 0.460 e. The minimum atomic E-state index is -0.866. The monoisotopic (exact) mass is 542 g/mol. The Morgan fingerprint density at radius 1 is 1.18 bits per heavy atom. The normalized spacial score (nSPS) is 22.1. The molecule has 40 heavy (non-hydrogen) atoms. The molecule has 2 N–H and O–H groups in total. The van der Waals surface area contributed by atoms with Crippen LogP contribution in [0.15, 0.2) is 41.1 Å². The van der Waals surface area contributed by atoms with E-state index in [1.807, 2.05) is 26.0 Å². The Bertz CT molecular complexity index is 1670. The van der Waals surface area contributed by atoms with Crippen molar-refractivity contribution in [3.8, 4) is 11.5 Å². The lowest BCUT2D eigenvalue weighted by molar-refractivity contribution is -0.000622. The van der Waals surface area contributed by atoms with Crippen molar-refractivity contribution in [1.82, 2.24) is 19.8 Å². The number of hydrogen-bond acceptors (Lipinski definition) is 6. The summed E-state index contributed by atoms with van der Waals surface area (Å²) < 4.78 is 13.9. The van der Waals surface area contributed by atoms with Gasteiger partial charge in [0.1, 0.15) is 22.6 Å². The van der Waals surface area contributed by atoms with Crippen molar-refractivity contribution in [2.24, 2.45) is 5.41 Å². The van der Waals surface area contributed by atoms with Crippen molar-refractivity contribution in [3.05, 3.63) is 59.1 Å². The van der Waals surface area contributed by atoms with Crippen molar-refractivity contribution in [2.45, 2.75) is 70.9 Å². The highest BCUT2D eigenvalue weighted by Crippen LogP contribution is 2.55. The summed E-state index contributed by atoms with van der Waals surface area (Å²) in [5, 5.41) is 18.7. The third-order valence-corrected chi connectivity index (χ3v) is 9.26. The Balaban J connectivity index is 1.13. The number of fused-ring (bicyclic) bond motifs is 2. The van der Waals surface area contributed by atoms with Gasteiger partial charge in [-0.05, 0) is 76.0 Å². The molecule has 1 spiro atoms. The number of likely N-dealkylation sites (tertiary alicyclic amines) is 1. The molecular formula is C31H34N4O5. The number of aliphatic hydroxyl groups is 1. The van der Waals surface area contributed by atoms with Crippen molar-refractivity contribution in [2.75, 3.05) is 13.1 Å². The molecule has 0 bridgehead atoms. The summed E-state index contributed by atoms with van der Waals surface area (Å²) in [6.45, 7) is 6.26. The van der Waals surface area contributed by atoms with Gasteiger partial charge in [-0.25, -0.2) is 4.52 Å². The van der Waals surface area contributed by atoms with Crippen molar-refractivity contribution in [1.29, 1.82) is 0 Å². The average Bonchev–Trinajstić information content (AvgIpc) is 3.51. The molecule has 0 unspecified atom stereocenters. The number of carbonyl (C=O) groups is 2. The second-order valence-electron chi connectivity index (χ2n) is 12.4. The zero-order valence-electron chi connectivity index (χ0n) is 23.1. The van der Waals surface area contributed by atoms with Crippen molar-refractivity contribution in [3.63, 3.8) is 0 Å². The summed E-state index contributed by atoms with van der Waals surface area (Å²) in [5.41, 5.74) is 2.77. The van der Waals surface area contributed by atoms with E-state index in [4.69, 9.17) is 9.15 Å².